The quantitative estimate of drug-likeness (QED) is 0.611. The van der Waals surface area contributed by atoms with E-state index in [-0.39, 0.29) is 18.7 Å². The van der Waals surface area contributed by atoms with Crippen molar-refractivity contribution < 1.29 is 17.9 Å². The third-order valence-electron chi connectivity index (χ3n) is 1.78. The molecule has 0 aliphatic carbocycles. The highest BCUT2D eigenvalue weighted by Gasteiger charge is 2.44. The molecule has 1 atom stereocenters. The lowest BCUT2D eigenvalue weighted by Crippen LogP contribution is -2.57. The highest BCUT2D eigenvalue weighted by Crippen LogP contribution is 2.26. The molecule has 2 nitrogen and oxygen atoms in total. The van der Waals surface area contributed by atoms with Gasteiger partial charge in [0.05, 0.1) is 6.61 Å². The van der Waals surface area contributed by atoms with Crippen LogP contribution in [0.2, 0.25) is 0 Å². The average molecular weight is 183 g/mol. The van der Waals surface area contributed by atoms with Crippen molar-refractivity contribution in [3.63, 3.8) is 0 Å². The Kier molecular flexibility index (Phi) is 2.35. The van der Waals surface area contributed by atoms with Crippen molar-refractivity contribution >= 4 is 0 Å². The van der Waals surface area contributed by atoms with Gasteiger partial charge in [0.2, 0.25) is 0 Å². The van der Waals surface area contributed by atoms with Crippen molar-refractivity contribution in [1.82, 2.24) is 5.32 Å². The van der Waals surface area contributed by atoms with E-state index in [2.05, 4.69) is 10.1 Å². The molecule has 1 aliphatic rings. The lowest BCUT2D eigenvalue weighted by atomic mass is 10.0. The summed E-state index contributed by atoms with van der Waals surface area (Å²) in [6.07, 6.45) is -5.89. The van der Waals surface area contributed by atoms with Crippen molar-refractivity contribution in [2.24, 2.45) is 0 Å². The Hall–Kier alpha value is -0.290. The summed E-state index contributed by atoms with van der Waals surface area (Å²) in [7, 11) is 0. The second-order valence-electron chi connectivity index (χ2n) is 3.61. The Morgan fingerprint density at radius 3 is 2.33 bits per heavy atom. The molecule has 72 valence electrons. The number of hydrogen-bond donors (Lipinski definition) is 1. The molecule has 1 aliphatic heterocycles. The fourth-order valence-electron chi connectivity index (χ4n) is 0.998. The predicted octanol–water partition coefficient (Wildman–Crippen LogP) is 1.32. The third kappa shape index (κ3) is 2.35. The molecule has 0 radical (unpaired) electrons. The molecular weight excluding hydrogens is 171 g/mol. The number of ether oxygens (including phenoxy) is 1. The number of rotatable bonds is 0. The Morgan fingerprint density at radius 1 is 1.42 bits per heavy atom. The van der Waals surface area contributed by atoms with Crippen LogP contribution in [0.1, 0.15) is 13.8 Å². The van der Waals surface area contributed by atoms with E-state index in [0.29, 0.717) is 0 Å². The predicted molar refractivity (Wildman–Crippen MR) is 37.9 cm³/mol. The molecule has 1 fully saturated rings. The minimum absolute atomic E-state index is 0.0944. The van der Waals surface area contributed by atoms with Gasteiger partial charge in [0.1, 0.15) is 0 Å². The monoisotopic (exact) mass is 183 g/mol. The van der Waals surface area contributed by atoms with Crippen molar-refractivity contribution in [3.8, 4) is 0 Å². The van der Waals surface area contributed by atoms with Crippen LogP contribution in [0.4, 0.5) is 13.2 Å². The number of hydrogen-bond acceptors (Lipinski definition) is 2. The van der Waals surface area contributed by atoms with E-state index >= 15 is 0 Å². The van der Waals surface area contributed by atoms with E-state index < -0.39 is 12.3 Å². The summed E-state index contributed by atoms with van der Waals surface area (Å²) >= 11 is 0. The van der Waals surface area contributed by atoms with E-state index in [1.165, 1.54) is 0 Å². The van der Waals surface area contributed by atoms with Gasteiger partial charge in [-0.3, -0.25) is 0 Å². The molecule has 12 heavy (non-hydrogen) atoms. The van der Waals surface area contributed by atoms with Gasteiger partial charge in [-0.2, -0.15) is 13.2 Å². The van der Waals surface area contributed by atoms with Crippen molar-refractivity contribution in [3.05, 3.63) is 0 Å². The van der Waals surface area contributed by atoms with Gasteiger partial charge < -0.3 is 10.1 Å². The highest BCUT2D eigenvalue weighted by molar-refractivity contribution is 4.86. The fraction of sp³-hybridized carbons (Fsp3) is 1.00. The van der Waals surface area contributed by atoms with Gasteiger partial charge in [0.15, 0.2) is 6.10 Å². The maximum atomic E-state index is 12.0. The van der Waals surface area contributed by atoms with Crippen molar-refractivity contribution in [2.75, 3.05) is 13.2 Å². The van der Waals surface area contributed by atoms with Crippen LogP contribution < -0.4 is 5.32 Å². The first-order valence-electron chi connectivity index (χ1n) is 3.75. The van der Waals surface area contributed by atoms with E-state index in [4.69, 9.17) is 0 Å². The van der Waals surface area contributed by atoms with Gasteiger partial charge >= 0.3 is 6.18 Å². The van der Waals surface area contributed by atoms with Gasteiger partial charge in [-0.1, -0.05) is 0 Å². The average Bonchev–Trinajstić information content (AvgIpc) is 1.83. The van der Waals surface area contributed by atoms with Crippen LogP contribution in [0.5, 0.6) is 0 Å². The molecule has 0 spiro atoms. The zero-order valence-electron chi connectivity index (χ0n) is 7.03. The zero-order chi connectivity index (χ0) is 9.41. The van der Waals surface area contributed by atoms with Gasteiger partial charge in [0.25, 0.3) is 0 Å². The number of alkyl halides is 3. The normalized spacial score (nSPS) is 30.2. The van der Waals surface area contributed by atoms with Crippen LogP contribution >= 0.6 is 0 Å². The summed E-state index contributed by atoms with van der Waals surface area (Å²) in [6.45, 7) is 3.55. The summed E-state index contributed by atoms with van der Waals surface area (Å²) in [6, 6.07) is 0. The molecular formula is C7H12F3NO. The van der Waals surface area contributed by atoms with E-state index in [9.17, 15) is 13.2 Å². The van der Waals surface area contributed by atoms with Crippen LogP contribution in [0.25, 0.3) is 0 Å². The second kappa shape index (κ2) is 2.88. The van der Waals surface area contributed by atoms with Gasteiger partial charge in [-0.05, 0) is 13.8 Å². The van der Waals surface area contributed by atoms with Crippen molar-refractivity contribution in [1.29, 1.82) is 0 Å². The minimum atomic E-state index is -4.25. The van der Waals surface area contributed by atoms with Crippen LogP contribution in [0.3, 0.4) is 0 Å². The topological polar surface area (TPSA) is 21.3 Å². The molecule has 0 aromatic carbocycles. The molecule has 5 heteroatoms. The third-order valence-corrected chi connectivity index (χ3v) is 1.78. The number of halogens is 3. The van der Waals surface area contributed by atoms with Crippen molar-refractivity contribution in [2.45, 2.75) is 31.7 Å². The van der Waals surface area contributed by atoms with Crippen LogP contribution in [0.15, 0.2) is 0 Å². The van der Waals surface area contributed by atoms with Crippen LogP contribution in [-0.4, -0.2) is 31.0 Å². The SMILES string of the molecule is CC1(C)CO[C@@H](C(F)(F)F)CN1. The summed E-state index contributed by atoms with van der Waals surface area (Å²) in [5.74, 6) is 0. The molecule has 0 aromatic heterocycles. The molecule has 0 bridgehead atoms. The van der Waals surface area contributed by atoms with E-state index in [1.54, 1.807) is 13.8 Å². The zero-order valence-corrected chi connectivity index (χ0v) is 7.03. The van der Waals surface area contributed by atoms with Gasteiger partial charge in [-0.15, -0.1) is 0 Å². The number of morpholine rings is 1. The smallest absolute Gasteiger partial charge is 0.366 e. The maximum Gasteiger partial charge on any atom is 0.415 e. The van der Waals surface area contributed by atoms with Crippen LogP contribution in [0, 0.1) is 0 Å². The standard InChI is InChI=1S/C7H12F3NO/c1-6(2)4-12-5(3-11-6)7(8,9)10/h5,11H,3-4H2,1-2H3/t5-/m1/s1. The Bertz CT molecular complexity index is 157. The largest absolute Gasteiger partial charge is 0.415 e. The van der Waals surface area contributed by atoms with Gasteiger partial charge in [0, 0.05) is 12.1 Å². The van der Waals surface area contributed by atoms with Crippen LogP contribution in [-0.2, 0) is 4.74 Å². The Labute approximate surface area is 69.1 Å². The minimum Gasteiger partial charge on any atom is -0.366 e. The molecule has 1 N–H and O–H groups in total. The second-order valence-corrected chi connectivity index (χ2v) is 3.61. The molecule has 1 rings (SSSR count). The molecule has 0 unspecified atom stereocenters. The lowest BCUT2D eigenvalue weighted by molar-refractivity contribution is -0.233. The molecule has 1 saturated heterocycles. The van der Waals surface area contributed by atoms with Gasteiger partial charge in [-0.25, -0.2) is 0 Å². The van der Waals surface area contributed by atoms with E-state index in [1.807, 2.05) is 0 Å². The Balaban J connectivity index is 2.47. The first kappa shape index (κ1) is 9.80. The molecule has 0 saturated carbocycles. The Morgan fingerprint density at radius 2 is 2.00 bits per heavy atom. The fourth-order valence-corrected chi connectivity index (χ4v) is 0.998. The summed E-state index contributed by atoms with van der Waals surface area (Å²) < 4.78 is 40.8. The molecule has 1 heterocycles. The first-order chi connectivity index (χ1) is 5.31. The molecule has 0 aromatic rings. The summed E-state index contributed by atoms with van der Waals surface area (Å²) in [4.78, 5) is 0. The van der Waals surface area contributed by atoms with E-state index in [0.717, 1.165) is 0 Å². The lowest BCUT2D eigenvalue weighted by Gasteiger charge is -2.36. The number of nitrogens with one attached hydrogen (secondary N) is 1. The summed E-state index contributed by atoms with van der Waals surface area (Å²) in [5, 5.41) is 2.77. The first-order valence-corrected chi connectivity index (χ1v) is 3.75. The maximum absolute atomic E-state index is 12.0. The molecule has 0 amide bonds. The summed E-state index contributed by atoms with van der Waals surface area (Å²) in [5.41, 5.74) is -0.345. The highest BCUT2D eigenvalue weighted by atomic mass is 19.4.